The predicted octanol–water partition coefficient (Wildman–Crippen LogP) is 23.9. The van der Waals surface area contributed by atoms with Crippen molar-refractivity contribution >= 4 is 39.5 Å². The van der Waals surface area contributed by atoms with E-state index in [0.29, 0.717) is 25.7 Å². The Morgan fingerprint density at radius 2 is 0.500 bits per heavy atom. The van der Waals surface area contributed by atoms with Crippen LogP contribution < -0.4 is 0 Å². The van der Waals surface area contributed by atoms with Crippen LogP contribution in [0.1, 0.15) is 336 Å². The molecule has 0 saturated carbocycles. The van der Waals surface area contributed by atoms with Crippen LogP contribution in [0.3, 0.4) is 0 Å². The summed E-state index contributed by atoms with van der Waals surface area (Å²) in [6.07, 6.45) is 84.5. The maximum Gasteiger partial charge on any atom is 0.472 e. The highest BCUT2D eigenvalue weighted by Gasteiger charge is 2.30. The average Bonchev–Trinajstić information content (AvgIpc) is 0.928. The highest BCUT2D eigenvalue weighted by molar-refractivity contribution is 7.47. The quantitative estimate of drug-likeness (QED) is 0.0169. The van der Waals surface area contributed by atoms with Gasteiger partial charge in [-0.2, -0.15) is 0 Å². The first-order valence-corrected chi connectivity index (χ1v) is 43.8. The van der Waals surface area contributed by atoms with Crippen molar-refractivity contribution in [3.8, 4) is 0 Å². The summed E-state index contributed by atoms with van der Waals surface area (Å²) in [5.41, 5.74) is 0. The standard InChI is InChI=1S/C85H146O17P2/c1-5-9-13-17-21-25-29-32-35-37-39-41-44-47-51-54-58-62-66-70-83(88)96-76-81(102-85(90)72-68-64-60-56-52-48-45-42-40-38-36-33-30-26-22-18-14-10-6-2)78-100-104(93,94)98-74-79(86)73-97-103(91,92)99-77-80(101-84(89)71-67-63-59-55-49-28-24-20-16-12-8-4)75-95-82(87)69-65-61-57-53-50-46-43-34-31-27-23-19-15-11-7-3/h9-10,13-14,21-23,25-27,32-36,39-43,79-81,86H,5-8,11-12,15-20,24,28-31,37-38,44-78H2,1-4H3,(H,91,92)(H,93,94)/b13-9-,14-10-,25-21-,26-22-,27-23-,35-32-,36-33-,41-39-,42-40-,43-34-. The number of hydrogen-bond acceptors (Lipinski definition) is 15. The monoisotopic (exact) mass is 1500 g/mol. The summed E-state index contributed by atoms with van der Waals surface area (Å²) in [5.74, 6) is -2.21. The zero-order valence-electron chi connectivity index (χ0n) is 65.4. The third-order valence-electron chi connectivity index (χ3n) is 16.9. The van der Waals surface area contributed by atoms with Crippen molar-refractivity contribution in [1.82, 2.24) is 0 Å². The molecule has 17 nitrogen and oxygen atoms in total. The van der Waals surface area contributed by atoms with E-state index in [1.54, 1.807) is 0 Å². The molecular weight excluding hydrogens is 1350 g/mol. The van der Waals surface area contributed by atoms with Gasteiger partial charge in [-0.25, -0.2) is 9.13 Å². The second-order valence-corrected chi connectivity index (χ2v) is 29.9. The van der Waals surface area contributed by atoms with E-state index in [0.717, 1.165) is 199 Å². The predicted molar refractivity (Wildman–Crippen MR) is 427 cm³/mol. The highest BCUT2D eigenvalue weighted by Crippen LogP contribution is 2.45. The minimum Gasteiger partial charge on any atom is -0.462 e. The molecule has 5 atom stereocenters. The van der Waals surface area contributed by atoms with Crippen molar-refractivity contribution in [2.24, 2.45) is 0 Å². The molecule has 3 N–H and O–H groups in total. The Morgan fingerprint density at radius 1 is 0.279 bits per heavy atom. The second kappa shape index (κ2) is 76.6. The van der Waals surface area contributed by atoms with Gasteiger partial charge in [-0.3, -0.25) is 37.3 Å². The molecule has 0 aromatic heterocycles. The molecule has 598 valence electrons. The molecule has 0 rings (SSSR count). The fourth-order valence-corrected chi connectivity index (χ4v) is 12.3. The van der Waals surface area contributed by atoms with E-state index in [1.807, 2.05) is 0 Å². The zero-order valence-corrected chi connectivity index (χ0v) is 67.2. The maximum absolute atomic E-state index is 13.1. The van der Waals surface area contributed by atoms with Crippen molar-refractivity contribution < 1.29 is 80.2 Å². The van der Waals surface area contributed by atoms with E-state index in [4.69, 9.17) is 37.0 Å². The van der Waals surface area contributed by atoms with Crippen LogP contribution in [0.2, 0.25) is 0 Å². The molecule has 104 heavy (non-hydrogen) atoms. The molecule has 0 spiro atoms. The first kappa shape index (κ1) is 99.5. The van der Waals surface area contributed by atoms with Crippen LogP contribution in [0.25, 0.3) is 0 Å². The van der Waals surface area contributed by atoms with Crippen LogP contribution in [0.15, 0.2) is 122 Å². The lowest BCUT2D eigenvalue weighted by atomic mass is 10.1. The number of allylic oxidation sites excluding steroid dienone is 20. The molecule has 0 amide bonds. The Morgan fingerprint density at radius 3 is 0.788 bits per heavy atom. The van der Waals surface area contributed by atoms with Gasteiger partial charge in [0.05, 0.1) is 26.4 Å². The van der Waals surface area contributed by atoms with Gasteiger partial charge in [0.2, 0.25) is 0 Å². The lowest BCUT2D eigenvalue weighted by Crippen LogP contribution is -2.30. The van der Waals surface area contributed by atoms with Gasteiger partial charge in [0, 0.05) is 25.7 Å². The normalized spacial score (nSPS) is 14.5. The molecule has 19 heteroatoms. The van der Waals surface area contributed by atoms with Gasteiger partial charge in [-0.15, -0.1) is 0 Å². The number of aliphatic hydroxyl groups is 1. The van der Waals surface area contributed by atoms with Crippen molar-refractivity contribution in [2.75, 3.05) is 39.6 Å². The summed E-state index contributed by atoms with van der Waals surface area (Å²) >= 11 is 0. The van der Waals surface area contributed by atoms with Gasteiger partial charge in [-0.05, 0) is 135 Å². The number of phosphoric ester groups is 2. The van der Waals surface area contributed by atoms with Crippen LogP contribution >= 0.6 is 15.6 Å². The van der Waals surface area contributed by atoms with E-state index >= 15 is 0 Å². The molecule has 0 aromatic carbocycles. The summed E-state index contributed by atoms with van der Waals surface area (Å²) in [6.45, 7) is 4.60. The lowest BCUT2D eigenvalue weighted by Gasteiger charge is -2.21. The highest BCUT2D eigenvalue weighted by atomic mass is 31.2. The van der Waals surface area contributed by atoms with Crippen LogP contribution in [-0.4, -0.2) is 96.7 Å². The summed E-state index contributed by atoms with van der Waals surface area (Å²) in [5, 5.41) is 10.6. The fourth-order valence-electron chi connectivity index (χ4n) is 10.8. The van der Waals surface area contributed by atoms with Crippen LogP contribution in [0, 0.1) is 0 Å². The Hall–Kier alpha value is -4.54. The number of rotatable bonds is 76. The number of ether oxygens (including phenoxy) is 4. The first-order valence-electron chi connectivity index (χ1n) is 40.8. The minimum atomic E-state index is -4.99. The lowest BCUT2D eigenvalue weighted by molar-refractivity contribution is -0.161. The SMILES string of the molecule is CC/C=C\C/C=C\C/C=C\C/C=C\CCCCCCCCC(=O)OCC(COP(=O)(O)OCC(O)COP(=O)(O)OCC(COC(=O)CCCCCCC/C=C\C/C=C\CCCCC)OC(=O)CCCCCCCCCCCCC)OC(=O)CCCCCCCC/C=C\C/C=C\C/C=C\C/C=C\CC. The average molecular weight is 1500 g/mol. The van der Waals surface area contributed by atoms with Gasteiger partial charge < -0.3 is 33.8 Å². The molecule has 0 aliphatic heterocycles. The number of unbranched alkanes of at least 4 members (excludes halogenated alkanes) is 30. The Bertz CT molecular complexity index is 2440. The molecule has 5 unspecified atom stereocenters. The van der Waals surface area contributed by atoms with E-state index in [2.05, 4.69) is 149 Å². The number of carbonyl (C=O) groups is 4. The third-order valence-corrected chi connectivity index (χ3v) is 18.8. The van der Waals surface area contributed by atoms with Gasteiger partial charge in [0.15, 0.2) is 12.2 Å². The molecule has 0 aliphatic carbocycles. The summed E-state index contributed by atoms with van der Waals surface area (Å²) < 4.78 is 68.6. The number of carbonyl (C=O) groups excluding carboxylic acids is 4. The molecule has 0 aliphatic rings. The molecule has 0 aromatic rings. The summed E-state index contributed by atoms with van der Waals surface area (Å²) in [6, 6.07) is 0. The topological polar surface area (TPSA) is 237 Å². The van der Waals surface area contributed by atoms with Gasteiger partial charge in [0.1, 0.15) is 19.3 Å². The van der Waals surface area contributed by atoms with Gasteiger partial charge in [-0.1, -0.05) is 297 Å². The molecule has 0 fully saturated rings. The van der Waals surface area contributed by atoms with Crippen molar-refractivity contribution in [3.63, 3.8) is 0 Å². The van der Waals surface area contributed by atoms with E-state index in [9.17, 15) is 43.2 Å². The maximum atomic E-state index is 13.1. The summed E-state index contributed by atoms with van der Waals surface area (Å²) in [4.78, 5) is 73.0. The van der Waals surface area contributed by atoms with Crippen LogP contribution in [-0.2, 0) is 65.4 Å². The number of hydrogen-bond donors (Lipinski definition) is 3. The van der Waals surface area contributed by atoms with Gasteiger partial charge in [0.25, 0.3) is 0 Å². The Kier molecular flexibility index (Phi) is 73.3. The molecule has 0 saturated heterocycles. The van der Waals surface area contributed by atoms with Crippen LogP contribution in [0.5, 0.6) is 0 Å². The van der Waals surface area contributed by atoms with E-state index in [1.165, 1.54) is 57.8 Å². The molecule has 0 radical (unpaired) electrons. The largest absolute Gasteiger partial charge is 0.472 e. The van der Waals surface area contributed by atoms with E-state index in [-0.39, 0.29) is 25.7 Å². The number of aliphatic hydroxyl groups excluding tert-OH is 1. The molecule has 0 bridgehead atoms. The summed E-state index contributed by atoms with van der Waals surface area (Å²) in [7, 11) is -9.97. The first-order chi connectivity index (χ1) is 50.7. The smallest absolute Gasteiger partial charge is 0.462 e. The number of esters is 4. The zero-order chi connectivity index (χ0) is 76.0. The van der Waals surface area contributed by atoms with Gasteiger partial charge >= 0.3 is 39.5 Å². The minimum absolute atomic E-state index is 0.0731. The number of phosphoric acid groups is 2. The van der Waals surface area contributed by atoms with E-state index < -0.39 is 97.5 Å². The van der Waals surface area contributed by atoms with Crippen molar-refractivity contribution in [3.05, 3.63) is 122 Å². The second-order valence-electron chi connectivity index (χ2n) is 27.0. The molecule has 0 heterocycles. The van der Waals surface area contributed by atoms with Crippen molar-refractivity contribution in [1.29, 1.82) is 0 Å². The van der Waals surface area contributed by atoms with Crippen molar-refractivity contribution in [2.45, 2.75) is 354 Å². The Balaban J connectivity index is 5.37. The molecular formula is C85H146O17P2. The van der Waals surface area contributed by atoms with Crippen LogP contribution in [0.4, 0.5) is 0 Å². The Labute approximate surface area is 632 Å². The third kappa shape index (κ3) is 75.7. The fraction of sp³-hybridized carbons (Fsp3) is 0.718.